The van der Waals surface area contributed by atoms with Gasteiger partial charge in [0.2, 0.25) is 0 Å². The minimum Gasteiger partial charge on any atom is -0.480 e. The van der Waals surface area contributed by atoms with E-state index in [1.54, 1.807) is 25.1 Å². The number of hydrogen-bond acceptors (Lipinski definition) is 3. The summed E-state index contributed by atoms with van der Waals surface area (Å²) in [7, 11) is 0. The standard InChI is InChI=1S/C20H17NO3/c1-14(20(23)21-16-8-3-2-4-9-16)24-19-12-11-15-7-5-6-10-17(15)18(19)13-22/h2-14H,1H3,(H,21,23)/t14-/m1/s1. The van der Waals surface area contributed by atoms with Crippen LogP contribution in [0.1, 0.15) is 17.3 Å². The van der Waals surface area contributed by atoms with Crippen molar-refractivity contribution >= 4 is 28.7 Å². The molecule has 0 aliphatic heterocycles. The zero-order valence-corrected chi connectivity index (χ0v) is 13.2. The van der Waals surface area contributed by atoms with E-state index in [-0.39, 0.29) is 5.91 Å². The highest BCUT2D eigenvalue weighted by Gasteiger charge is 2.17. The fourth-order valence-corrected chi connectivity index (χ4v) is 2.51. The molecule has 0 aromatic heterocycles. The largest absolute Gasteiger partial charge is 0.480 e. The maximum Gasteiger partial charge on any atom is 0.265 e. The number of hydrogen-bond donors (Lipinski definition) is 1. The van der Waals surface area contributed by atoms with Crippen LogP contribution in [0.5, 0.6) is 5.75 Å². The molecule has 120 valence electrons. The van der Waals surface area contributed by atoms with Gasteiger partial charge in [-0.2, -0.15) is 0 Å². The second-order valence-corrected chi connectivity index (χ2v) is 5.43. The Bertz CT molecular complexity index is 874. The van der Waals surface area contributed by atoms with E-state index in [0.717, 1.165) is 17.1 Å². The van der Waals surface area contributed by atoms with Gasteiger partial charge in [0.25, 0.3) is 5.91 Å². The van der Waals surface area contributed by atoms with Gasteiger partial charge >= 0.3 is 0 Å². The van der Waals surface area contributed by atoms with E-state index in [1.807, 2.05) is 48.5 Å². The highest BCUT2D eigenvalue weighted by atomic mass is 16.5. The van der Waals surface area contributed by atoms with Gasteiger partial charge in [-0.25, -0.2) is 0 Å². The number of amides is 1. The fraction of sp³-hybridized carbons (Fsp3) is 0.100. The average molecular weight is 319 g/mol. The van der Waals surface area contributed by atoms with Crippen LogP contribution in [0.2, 0.25) is 0 Å². The molecule has 0 unspecified atom stereocenters. The summed E-state index contributed by atoms with van der Waals surface area (Å²) in [4.78, 5) is 23.8. The topological polar surface area (TPSA) is 55.4 Å². The number of nitrogens with one attached hydrogen (secondary N) is 1. The lowest BCUT2D eigenvalue weighted by molar-refractivity contribution is -0.122. The van der Waals surface area contributed by atoms with Gasteiger partial charge in [0.1, 0.15) is 5.75 Å². The fourth-order valence-electron chi connectivity index (χ4n) is 2.51. The van der Waals surface area contributed by atoms with Crippen LogP contribution < -0.4 is 10.1 Å². The molecule has 3 rings (SSSR count). The van der Waals surface area contributed by atoms with Crippen LogP contribution >= 0.6 is 0 Å². The van der Waals surface area contributed by atoms with Gasteiger partial charge in [0.05, 0.1) is 5.56 Å². The first-order chi connectivity index (χ1) is 11.7. The lowest BCUT2D eigenvalue weighted by Crippen LogP contribution is -2.30. The molecule has 1 N–H and O–H groups in total. The summed E-state index contributed by atoms with van der Waals surface area (Å²) in [6.07, 6.45) is 0.0320. The minimum atomic E-state index is -0.731. The molecule has 0 bridgehead atoms. The average Bonchev–Trinajstić information content (AvgIpc) is 2.62. The van der Waals surface area contributed by atoms with Crippen LogP contribution in [0.15, 0.2) is 66.7 Å². The van der Waals surface area contributed by atoms with Gasteiger partial charge in [0.15, 0.2) is 12.4 Å². The van der Waals surface area contributed by atoms with Gasteiger partial charge < -0.3 is 10.1 Å². The van der Waals surface area contributed by atoms with E-state index in [2.05, 4.69) is 5.32 Å². The van der Waals surface area contributed by atoms with Gasteiger partial charge in [0, 0.05) is 5.69 Å². The molecule has 4 nitrogen and oxygen atoms in total. The second-order valence-electron chi connectivity index (χ2n) is 5.43. The van der Waals surface area contributed by atoms with E-state index in [9.17, 15) is 9.59 Å². The van der Waals surface area contributed by atoms with Crippen molar-refractivity contribution in [2.45, 2.75) is 13.0 Å². The van der Waals surface area contributed by atoms with Gasteiger partial charge in [-0.3, -0.25) is 9.59 Å². The van der Waals surface area contributed by atoms with Crippen molar-refractivity contribution < 1.29 is 14.3 Å². The predicted octanol–water partition coefficient (Wildman–Crippen LogP) is 4.06. The number of rotatable bonds is 5. The summed E-state index contributed by atoms with van der Waals surface area (Å²) >= 11 is 0. The Kier molecular flexibility index (Phi) is 4.57. The Morgan fingerprint density at radius 2 is 1.71 bits per heavy atom. The third-order valence-electron chi connectivity index (χ3n) is 3.76. The molecule has 0 spiro atoms. The van der Waals surface area contributed by atoms with Crippen LogP contribution in [0.3, 0.4) is 0 Å². The molecule has 0 aliphatic rings. The summed E-state index contributed by atoms with van der Waals surface area (Å²) < 4.78 is 5.74. The van der Waals surface area contributed by atoms with Crippen molar-refractivity contribution in [3.8, 4) is 5.75 Å². The van der Waals surface area contributed by atoms with Crippen LogP contribution in [0.25, 0.3) is 10.8 Å². The van der Waals surface area contributed by atoms with Crippen LogP contribution in [0.4, 0.5) is 5.69 Å². The number of para-hydroxylation sites is 1. The van der Waals surface area contributed by atoms with Crippen LogP contribution in [0, 0.1) is 0 Å². The molecule has 0 heterocycles. The van der Waals surface area contributed by atoms with Gasteiger partial charge in [-0.1, -0.05) is 48.5 Å². The van der Waals surface area contributed by atoms with E-state index in [4.69, 9.17) is 4.74 Å². The normalized spacial score (nSPS) is 11.7. The molecule has 3 aromatic rings. The SMILES string of the molecule is C[C@@H](Oc1ccc2ccccc2c1C=O)C(=O)Nc1ccccc1. The molecule has 3 aromatic carbocycles. The predicted molar refractivity (Wildman–Crippen MR) is 94.5 cm³/mol. The maximum atomic E-state index is 12.3. The molecular formula is C20H17NO3. The van der Waals surface area contributed by atoms with Crippen LogP contribution in [-0.2, 0) is 4.79 Å². The summed E-state index contributed by atoms with van der Waals surface area (Å²) in [6.45, 7) is 1.65. The summed E-state index contributed by atoms with van der Waals surface area (Å²) in [5, 5.41) is 4.54. The Morgan fingerprint density at radius 3 is 2.46 bits per heavy atom. The lowest BCUT2D eigenvalue weighted by Gasteiger charge is -2.17. The van der Waals surface area contributed by atoms with Crippen molar-refractivity contribution in [3.63, 3.8) is 0 Å². The Morgan fingerprint density at radius 1 is 1.00 bits per heavy atom. The zero-order chi connectivity index (χ0) is 16.9. The Labute approximate surface area is 140 Å². The first-order valence-electron chi connectivity index (χ1n) is 7.68. The first-order valence-corrected chi connectivity index (χ1v) is 7.68. The van der Waals surface area contributed by atoms with Crippen molar-refractivity contribution in [3.05, 3.63) is 72.3 Å². The third-order valence-corrected chi connectivity index (χ3v) is 3.76. The smallest absolute Gasteiger partial charge is 0.265 e. The molecule has 1 amide bonds. The van der Waals surface area contributed by atoms with E-state index < -0.39 is 6.10 Å². The second kappa shape index (κ2) is 6.96. The van der Waals surface area contributed by atoms with Gasteiger partial charge in [-0.15, -0.1) is 0 Å². The lowest BCUT2D eigenvalue weighted by atomic mass is 10.0. The third kappa shape index (κ3) is 3.27. The monoisotopic (exact) mass is 319 g/mol. The quantitative estimate of drug-likeness (QED) is 0.722. The number of aldehydes is 1. The number of benzene rings is 3. The number of carbonyl (C=O) groups excluding carboxylic acids is 2. The summed E-state index contributed by atoms with van der Waals surface area (Å²) in [5.74, 6) is 0.130. The first kappa shape index (κ1) is 15.7. The van der Waals surface area contributed by atoms with Crippen molar-refractivity contribution in [2.75, 3.05) is 5.32 Å². The molecule has 4 heteroatoms. The van der Waals surface area contributed by atoms with Crippen molar-refractivity contribution in [1.29, 1.82) is 0 Å². The number of anilines is 1. The number of fused-ring (bicyclic) bond motifs is 1. The Hall–Kier alpha value is -3.14. The van der Waals surface area contributed by atoms with E-state index in [1.165, 1.54) is 0 Å². The number of ether oxygens (including phenoxy) is 1. The zero-order valence-electron chi connectivity index (χ0n) is 13.2. The highest BCUT2D eigenvalue weighted by molar-refractivity contribution is 6.01. The minimum absolute atomic E-state index is 0.272. The molecule has 0 saturated heterocycles. The van der Waals surface area contributed by atoms with Gasteiger partial charge in [-0.05, 0) is 35.9 Å². The molecule has 0 saturated carbocycles. The molecule has 0 aliphatic carbocycles. The summed E-state index contributed by atoms with van der Waals surface area (Å²) in [5.41, 5.74) is 1.15. The van der Waals surface area contributed by atoms with Crippen molar-refractivity contribution in [2.24, 2.45) is 0 Å². The molecule has 24 heavy (non-hydrogen) atoms. The Balaban J connectivity index is 1.81. The molecule has 1 atom stereocenters. The van der Waals surface area contributed by atoms with Crippen LogP contribution in [-0.4, -0.2) is 18.3 Å². The summed E-state index contributed by atoms with van der Waals surface area (Å²) in [6, 6.07) is 20.3. The molecule has 0 fully saturated rings. The maximum absolute atomic E-state index is 12.3. The molecule has 0 radical (unpaired) electrons. The van der Waals surface area contributed by atoms with E-state index in [0.29, 0.717) is 17.0 Å². The van der Waals surface area contributed by atoms with Crippen molar-refractivity contribution in [1.82, 2.24) is 0 Å². The number of carbonyl (C=O) groups is 2. The van der Waals surface area contributed by atoms with E-state index >= 15 is 0 Å². The highest BCUT2D eigenvalue weighted by Crippen LogP contribution is 2.27. The molecular weight excluding hydrogens is 302 g/mol.